The molecule has 112 valence electrons. The maximum absolute atomic E-state index is 13.3. The fourth-order valence-electron chi connectivity index (χ4n) is 3.28. The van der Waals surface area contributed by atoms with Gasteiger partial charge >= 0.3 is 0 Å². The van der Waals surface area contributed by atoms with Crippen molar-refractivity contribution >= 4 is 0 Å². The van der Waals surface area contributed by atoms with Crippen LogP contribution in [0.25, 0.3) is 0 Å². The van der Waals surface area contributed by atoms with Gasteiger partial charge in [0.25, 0.3) is 0 Å². The zero-order valence-corrected chi connectivity index (χ0v) is 12.5. The molecule has 1 aliphatic carbocycles. The smallest absolute Gasteiger partial charge is 0.159 e. The number of hydrogen-bond donors (Lipinski definition) is 1. The Morgan fingerprint density at radius 2 is 1.85 bits per heavy atom. The third-order valence-corrected chi connectivity index (χ3v) is 4.54. The number of halogens is 2. The molecule has 0 aliphatic heterocycles. The second-order valence-electron chi connectivity index (χ2n) is 6.14. The van der Waals surface area contributed by atoms with Crippen LogP contribution in [-0.4, -0.2) is 12.6 Å². The molecule has 1 aromatic carbocycles. The van der Waals surface area contributed by atoms with Crippen molar-refractivity contribution < 1.29 is 8.78 Å². The summed E-state index contributed by atoms with van der Waals surface area (Å²) in [5.74, 6) is -0.0219. The molecule has 0 spiro atoms. The van der Waals surface area contributed by atoms with Crippen LogP contribution in [-0.2, 0) is 6.42 Å². The Bertz CT molecular complexity index is 425. The molecule has 0 aromatic heterocycles. The van der Waals surface area contributed by atoms with Crippen LogP contribution in [0, 0.1) is 23.5 Å². The van der Waals surface area contributed by atoms with Gasteiger partial charge in [0.15, 0.2) is 11.6 Å². The molecule has 2 rings (SSSR count). The Balaban J connectivity index is 2.02. The highest BCUT2D eigenvalue weighted by atomic mass is 19.2. The van der Waals surface area contributed by atoms with Crippen molar-refractivity contribution in [1.82, 2.24) is 5.32 Å². The summed E-state index contributed by atoms with van der Waals surface area (Å²) >= 11 is 0. The number of rotatable bonds is 5. The van der Waals surface area contributed by atoms with Crippen molar-refractivity contribution in [2.45, 2.75) is 52.0 Å². The van der Waals surface area contributed by atoms with Gasteiger partial charge in [-0.3, -0.25) is 0 Å². The van der Waals surface area contributed by atoms with E-state index in [2.05, 4.69) is 19.2 Å². The molecule has 1 aromatic rings. The van der Waals surface area contributed by atoms with Crippen LogP contribution in [0.5, 0.6) is 0 Å². The van der Waals surface area contributed by atoms with Gasteiger partial charge in [-0.2, -0.15) is 0 Å². The largest absolute Gasteiger partial charge is 0.314 e. The Kier molecular flexibility index (Phi) is 5.53. The molecule has 0 radical (unpaired) electrons. The van der Waals surface area contributed by atoms with E-state index >= 15 is 0 Å². The topological polar surface area (TPSA) is 12.0 Å². The van der Waals surface area contributed by atoms with Gasteiger partial charge in [-0.15, -0.1) is 0 Å². The minimum absolute atomic E-state index is 0.373. The summed E-state index contributed by atoms with van der Waals surface area (Å²) < 4.78 is 26.3. The van der Waals surface area contributed by atoms with Gasteiger partial charge in [0.1, 0.15) is 0 Å². The second kappa shape index (κ2) is 7.16. The van der Waals surface area contributed by atoms with Crippen molar-refractivity contribution in [3.8, 4) is 0 Å². The van der Waals surface area contributed by atoms with Crippen molar-refractivity contribution in [2.75, 3.05) is 6.54 Å². The highest BCUT2D eigenvalue weighted by Gasteiger charge is 2.25. The van der Waals surface area contributed by atoms with E-state index in [-0.39, 0.29) is 0 Å². The van der Waals surface area contributed by atoms with Crippen molar-refractivity contribution in [2.24, 2.45) is 11.8 Å². The first kappa shape index (κ1) is 15.4. The van der Waals surface area contributed by atoms with Crippen LogP contribution in [0.15, 0.2) is 18.2 Å². The molecule has 1 aliphatic rings. The Labute approximate surface area is 120 Å². The standard InChI is InChI=1S/C17H25F2N/c1-3-20-17(14-7-4-12(2)5-8-14)11-13-6-9-15(18)16(19)10-13/h6,9-10,12,14,17,20H,3-5,7-8,11H2,1-2H3. The van der Waals surface area contributed by atoms with Gasteiger partial charge in [-0.05, 0) is 55.3 Å². The zero-order valence-electron chi connectivity index (χ0n) is 12.5. The SMILES string of the molecule is CCNC(Cc1ccc(F)c(F)c1)C1CCC(C)CC1. The highest BCUT2D eigenvalue weighted by Crippen LogP contribution is 2.31. The molecule has 1 unspecified atom stereocenters. The molecular formula is C17H25F2N. The summed E-state index contributed by atoms with van der Waals surface area (Å²) in [6.45, 7) is 5.33. The lowest BCUT2D eigenvalue weighted by Gasteiger charge is -2.33. The highest BCUT2D eigenvalue weighted by molar-refractivity contribution is 5.19. The predicted octanol–water partition coefficient (Wildman–Crippen LogP) is 4.31. The van der Waals surface area contributed by atoms with E-state index in [0.29, 0.717) is 12.0 Å². The zero-order chi connectivity index (χ0) is 14.5. The molecule has 0 bridgehead atoms. The summed E-state index contributed by atoms with van der Waals surface area (Å²) in [4.78, 5) is 0. The lowest BCUT2D eigenvalue weighted by molar-refractivity contribution is 0.230. The van der Waals surface area contributed by atoms with E-state index in [4.69, 9.17) is 0 Å². The van der Waals surface area contributed by atoms with Gasteiger partial charge < -0.3 is 5.32 Å². The van der Waals surface area contributed by atoms with Crippen molar-refractivity contribution in [1.29, 1.82) is 0 Å². The molecule has 0 heterocycles. The van der Waals surface area contributed by atoms with Crippen LogP contribution in [0.1, 0.15) is 45.1 Å². The molecule has 1 atom stereocenters. The maximum atomic E-state index is 13.3. The molecule has 0 amide bonds. The molecule has 0 saturated heterocycles. The van der Waals surface area contributed by atoms with Gasteiger partial charge in [0.05, 0.1) is 0 Å². The van der Waals surface area contributed by atoms with Gasteiger partial charge in [0, 0.05) is 6.04 Å². The lowest BCUT2D eigenvalue weighted by atomic mass is 9.77. The summed E-state index contributed by atoms with van der Waals surface area (Å²) in [5, 5.41) is 3.53. The molecule has 1 fully saturated rings. The van der Waals surface area contributed by atoms with E-state index in [1.165, 1.54) is 37.8 Å². The minimum Gasteiger partial charge on any atom is -0.314 e. The molecule has 1 nitrogen and oxygen atoms in total. The normalized spacial score (nSPS) is 24.6. The van der Waals surface area contributed by atoms with Crippen LogP contribution in [0.2, 0.25) is 0 Å². The van der Waals surface area contributed by atoms with E-state index in [1.54, 1.807) is 6.07 Å². The van der Waals surface area contributed by atoms with Gasteiger partial charge in [-0.25, -0.2) is 8.78 Å². The molecular weight excluding hydrogens is 256 g/mol. The number of benzene rings is 1. The molecule has 3 heteroatoms. The van der Waals surface area contributed by atoms with Crippen LogP contribution >= 0.6 is 0 Å². The average molecular weight is 281 g/mol. The lowest BCUT2D eigenvalue weighted by Crippen LogP contribution is -2.39. The first-order valence-electron chi connectivity index (χ1n) is 7.77. The Hall–Kier alpha value is -0.960. The van der Waals surface area contributed by atoms with E-state index in [0.717, 1.165) is 24.4 Å². The van der Waals surface area contributed by atoms with Crippen molar-refractivity contribution in [3.05, 3.63) is 35.4 Å². The number of nitrogens with one attached hydrogen (secondary N) is 1. The fraction of sp³-hybridized carbons (Fsp3) is 0.647. The third kappa shape index (κ3) is 4.02. The van der Waals surface area contributed by atoms with Crippen molar-refractivity contribution in [3.63, 3.8) is 0 Å². The first-order valence-corrected chi connectivity index (χ1v) is 7.77. The monoisotopic (exact) mass is 281 g/mol. The number of hydrogen-bond acceptors (Lipinski definition) is 1. The summed E-state index contributed by atoms with van der Waals surface area (Å²) in [6, 6.07) is 4.65. The molecule has 20 heavy (non-hydrogen) atoms. The number of likely N-dealkylation sites (N-methyl/N-ethyl adjacent to an activating group) is 1. The molecule has 1 saturated carbocycles. The van der Waals surface area contributed by atoms with E-state index in [1.807, 2.05) is 0 Å². The van der Waals surface area contributed by atoms with Gasteiger partial charge in [0.2, 0.25) is 0 Å². The first-order chi connectivity index (χ1) is 9.60. The Morgan fingerprint density at radius 1 is 1.15 bits per heavy atom. The van der Waals surface area contributed by atoms with E-state index in [9.17, 15) is 8.78 Å². The van der Waals surface area contributed by atoms with Gasteiger partial charge in [-0.1, -0.05) is 32.8 Å². The average Bonchev–Trinajstić information content (AvgIpc) is 2.43. The van der Waals surface area contributed by atoms with Crippen LogP contribution < -0.4 is 5.32 Å². The van der Waals surface area contributed by atoms with Crippen LogP contribution in [0.3, 0.4) is 0 Å². The summed E-state index contributed by atoms with van der Waals surface area (Å²) in [5.41, 5.74) is 0.883. The molecule has 1 N–H and O–H groups in total. The summed E-state index contributed by atoms with van der Waals surface area (Å²) in [6.07, 6.45) is 5.82. The minimum atomic E-state index is -0.764. The second-order valence-corrected chi connectivity index (χ2v) is 6.14. The summed E-state index contributed by atoms with van der Waals surface area (Å²) in [7, 11) is 0. The Morgan fingerprint density at radius 3 is 2.45 bits per heavy atom. The quantitative estimate of drug-likeness (QED) is 0.848. The third-order valence-electron chi connectivity index (χ3n) is 4.54. The fourth-order valence-corrected chi connectivity index (χ4v) is 3.28. The van der Waals surface area contributed by atoms with Crippen LogP contribution in [0.4, 0.5) is 8.78 Å². The predicted molar refractivity (Wildman–Crippen MR) is 78.6 cm³/mol. The van der Waals surface area contributed by atoms with E-state index < -0.39 is 11.6 Å². The maximum Gasteiger partial charge on any atom is 0.159 e.